The van der Waals surface area contributed by atoms with Gasteiger partial charge in [0, 0.05) is 5.92 Å². The van der Waals surface area contributed by atoms with Crippen molar-refractivity contribution in [1.29, 1.82) is 0 Å². The Labute approximate surface area is 82.6 Å². The Hall–Kier alpha value is -1.32. The molecule has 1 aliphatic rings. The molecular formula is C10H14N2O2. The minimum absolute atomic E-state index is 0.141. The van der Waals surface area contributed by atoms with Gasteiger partial charge in [-0.05, 0) is 12.8 Å². The Bertz CT molecular complexity index is 302. The van der Waals surface area contributed by atoms with Crippen LogP contribution in [0.3, 0.4) is 0 Å². The largest absolute Gasteiger partial charge is 0.493 e. The molecule has 0 amide bonds. The van der Waals surface area contributed by atoms with Crippen molar-refractivity contribution in [2.75, 3.05) is 0 Å². The summed E-state index contributed by atoms with van der Waals surface area (Å²) in [7, 11) is 0. The van der Waals surface area contributed by atoms with E-state index < -0.39 is 0 Å². The number of nitrogens with zero attached hydrogens (tertiary/aromatic N) is 2. The maximum atomic E-state index is 9.21. The second kappa shape index (κ2) is 3.82. The molecule has 2 N–H and O–H groups in total. The third kappa shape index (κ3) is 1.95. The highest BCUT2D eigenvalue weighted by Crippen LogP contribution is 2.31. The quantitative estimate of drug-likeness (QED) is 0.717. The van der Waals surface area contributed by atoms with Crippen LogP contribution in [0.4, 0.5) is 0 Å². The van der Waals surface area contributed by atoms with E-state index in [1.165, 1.54) is 19.3 Å². The predicted octanol–water partition coefficient (Wildman–Crippen LogP) is 1.94. The van der Waals surface area contributed by atoms with E-state index in [2.05, 4.69) is 9.97 Å². The van der Waals surface area contributed by atoms with Crippen molar-refractivity contribution in [1.82, 2.24) is 9.97 Å². The molecule has 0 aliphatic heterocycles. The van der Waals surface area contributed by atoms with E-state index in [1.54, 1.807) is 0 Å². The lowest BCUT2D eigenvalue weighted by Crippen LogP contribution is -2.08. The molecule has 0 spiro atoms. The first-order valence-corrected chi connectivity index (χ1v) is 5.02. The third-order valence-electron chi connectivity index (χ3n) is 2.69. The van der Waals surface area contributed by atoms with Crippen LogP contribution in [0.1, 0.15) is 43.8 Å². The molecule has 1 fully saturated rings. The number of aromatic hydroxyl groups is 2. The minimum atomic E-state index is -0.141. The molecule has 0 bridgehead atoms. The molecule has 2 rings (SSSR count). The summed E-state index contributed by atoms with van der Waals surface area (Å²) in [4.78, 5) is 7.88. The summed E-state index contributed by atoms with van der Waals surface area (Å²) in [5.41, 5.74) is 0. The molecule has 1 saturated carbocycles. The van der Waals surface area contributed by atoms with Crippen LogP contribution in [0, 0.1) is 0 Å². The van der Waals surface area contributed by atoms with E-state index in [4.69, 9.17) is 0 Å². The average Bonchev–Trinajstić information content (AvgIpc) is 2.18. The maximum Gasteiger partial charge on any atom is 0.217 e. The van der Waals surface area contributed by atoms with Gasteiger partial charge in [-0.3, -0.25) is 0 Å². The van der Waals surface area contributed by atoms with Gasteiger partial charge < -0.3 is 10.2 Å². The van der Waals surface area contributed by atoms with Crippen LogP contribution >= 0.6 is 0 Å². The average molecular weight is 194 g/mol. The molecule has 14 heavy (non-hydrogen) atoms. The van der Waals surface area contributed by atoms with Gasteiger partial charge in [-0.2, -0.15) is 9.97 Å². The van der Waals surface area contributed by atoms with Crippen LogP contribution in [-0.4, -0.2) is 20.2 Å². The van der Waals surface area contributed by atoms with E-state index >= 15 is 0 Å². The number of hydrogen-bond acceptors (Lipinski definition) is 4. The number of hydrogen-bond donors (Lipinski definition) is 2. The lowest BCUT2D eigenvalue weighted by Gasteiger charge is -2.19. The first-order chi connectivity index (χ1) is 6.75. The van der Waals surface area contributed by atoms with Crippen molar-refractivity contribution in [3.8, 4) is 11.8 Å². The predicted molar refractivity (Wildman–Crippen MR) is 51.2 cm³/mol. The number of rotatable bonds is 1. The van der Waals surface area contributed by atoms with Crippen LogP contribution < -0.4 is 0 Å². The minimum Gasteiger partial charge on any atom is -0.493 e. The summed E-state index contributed by atoms with van der Waals surface area (Å²) in [5, 5.41) is 18.4. The molecule has 1 aromatic heterocycles. The summed E-state index contributed by atoms with van der Waals surface area (Å²) in [6, 6.07) is 1.16. The molecule has 0 aromatic carbocycles. The van der Waals surface area contributed by atoms with Crippen LogP contribution in [0.25, 0.3) is 0 Å². The Morgan fingerprint density at radius 1 is 1.00 bits per heavy atom. The summed E-state index contributed by atoms with van der Waals surface area (Å²) >= 11 is 0. The molecule has 1 aromatic rings. The monoisotopic (exact) mass is 194 g/mol. The van der Waals surface area contributed by atoms with Gasteiger partial charge in [-0.15, -0.1) is 0 Å². The van der Waals surface area contributed by atoms with E-state index in [9.17, 15) is 10.2 Å². The molecule has 0 saturated heterocycles. The second-order valence-corrected chi connectivity index (χ2v) is 3.78. The first-order valence-electron chi connectivity index (χ1n) is 5.02. The normalized spacial score (nSPS) is 18.3. The molecule has 0 radical (unpaired) electrons. The topological polar surface area (TPSA) is 66.2 Å². The lowest BCUT2D eigenvalue weighted by molar-refractivity contribution is 0.388. The Kier molecular flexibility index (Phi) is 2.52. The molecule has 4 nitrogen and oxygen atoms in total. The maximum absolute atomic E-state index is 9.21. The van der Waals surface area contributed by atoms with E-state index in [1.807, 2.05) is 0 Å². The Balaban J connectivity index is 2.21. The Morgan fingerprint density at radius 2 is 1.57 bits per heavy atom. The van der Waals surface area contributed by atoms with Crippen molar-refractivity contribution < 1.29 is 10.2 Å². The molecule has 1 aliphatic carbocycles. The zero-order chi connectivity index (χ0) is 9.97. The van der Waals surface area contributed by atoms with Crippen molar-refractivity contribution in [2.45, 2.75) is 38.0 Å². The van der Waals surface area contributed by atoms with Crippen molar-refractivity contribution >= 4 is 0 Å². The summed E-state index contributed by atoms with van der Waals surface area (Å²) in [6.07, 6.45) is 5.75. The van der Waals surface area contributed by atoms with Crippen molar-refractivity contribution in [3.05, 3.63) is 11.9 Å². The fourth-order valence-electron chi connectivity index (χ4n) is 1.98. The van der Waals surface area contributed by atoms with Gasteiger partial charge >= 0.3 is 0 Å². The van der Waals surface area contributed by atoms with Gasteiger partial charge in [0.15, 0.2) is 0 Å². The van der Waals surface area contributed by atoms with Gasteiger partial charge in [0.1, 0.15) is 5.82 Å². The number of aromatic nitrogens is 2. The zero-order valence-corrected chi connectivity index (χ0v) is 7.98. The standard InChI is InChI=1S/C10H14N2O2/c13-8-6-9(14)12-10(11-8)7-4-2-1-3-5-7/h6-7H,1-5H2,(H2,11,12,13,14). The summed E-state index contributed by atoms with van der Waals surface area (Å²) < 4.78 is 0. The fourth-order valence-corrected chi connectivity index (χ4v) is 1.98. The summed E-state index contributed by atoms with van der Waals surface area (Å²) in [6.45, 7) is 0. The second-order valence-electron chi connectivity index (χ2n) is 3.78. The van der Waals surface area contributed by atoms with Crippen molar-refractivity contribution in [3.63, 3.8) is 0 Å². The molecule has 1 heterocycles. The molecule has 76 valence electrons. The lowest BCUT2D eigenvalue weighted by atomic mass is 9.89. The van der Waals surface area contributed by atoms with Gasteiger partial charge in [-0.1, -0.05) is 19.3 Å². The van der Waals surface area contributed by atoms with E-state index in [0.29, 0.717) is 11.7 Å². The van der Waals surface area contributed by atoms with Gasteiger partial charge in [-0.25, -0.2) is 0 Å². The highest BCUT2D eigenvalue weighted by Gasteiger charge is 2.19. The first kappa shape index (κ1) is 9.24. The molecule has 4 heteroatoms. The van der Waals surface area contributed by atoms with Crippen LogP contribution in [-0.2, 0) is 0 Å². The van der Waals surface area contributed by atoms with Crippen LogP contribution in [0.15, 0.2) is 6.07 Å². The van der Waals surface area contributed by atoms with Crippen LogP contribution in [0.5, 0.6) is 11.8 Å². The summed E-state index contributed by atoms with van der Waals surface area (Å²) in [5.74, 6) is 0.611. The van der Waals surface area contributed by atoms with Gasteiger partial charge in [0.05, 0.1) is 6.07 Å². The zero-order valence-electron chi connectivity index (χ0n) is 7.98. The third-order valence-corrected chi connectivity index (χ3v) is 2.69. The highest BCUT2D eigenvalue weighted by molar-refractivity contribution is 5.19. The van der Waals surface area contributed by atoms with E-state index in [-0.39, 0.29) is 11.8 Å². The van der Waals surface area contributed by atoms with E-state index in [0.717, 1.165) is 18.9 Å². The van der Waals surface area contributed by atoms with Crippen LogP contribution in [0.2, 0.25) is 0 Å². The van der Waals surface area contributed by atoms with Crippen molar-refractivity contribution in [2.24, 2.45) is 0 Å². The smallest absolute Gasteiger partial charge is 0.217 e. The SMILES string of the molecule is Oc1cc(O)nc(C2CCCCC2)n1. The molecule has 0 unspecified atom stereocenters. The Morgan fingerprint density at radius 3 is 2.14 bits per heavy atom. The molecular weight excluding hydrogens is 180 g/mol. The molecule has 0 atom stereocenters. The van der Waals surface area contributed by atoms with Gasteiger partial charge in [0.2, 0.25) is 11.8 Å². The van der Waals surface area contributed by atoms with Gasteiger partial charge in [0.25, 0.3) is 0 Å². The highest BCUT2D eigenvalue weighted by atomic mass is 16.3. The fraction of sp³-hybridized carbons (Fsp3) is 0.600.